The maximum Gasteiger partial charge on any atom is 0.352 e. The summed E-state index contributed by atoms with van der Waals surface area (Å²) in [5.74, 6) is -0.499. The fourth-order valence-corrected chi connectivity index (χ4v) is 1.77. The first-order valence-electron chi connectivity index (χ1n) is 5.06. The Bertz CT molecular complexity index is 369. The lowest BCUT2D eigenvalue weighted by Gasteiger charge is -2.09. The van der Waals surface area contributed by atoms with Gasteiger partial charge in [-0.3, -0.25) is 0 Å². The summed E-state index contributed by atoms with van der Waals surface area (Å²) in [6.45, 7) is 4.50. The zero-order chi connectivity index (χ0) is 11.6. The van der Waals surface area contributed by atoms with Crippen LogP contribution in [-0.2, 0) is 13.5 Å². The molecule has 84 valence electrons. The van der Waals surface area contributed by atoms with E-state index in [4.69, 9.17) is 10.8 Å². The first kappa shape index (κ1) is 11.8. The summed E-state index contributed by atoms with van der Waals surface area (Å²) in [5.41, 5.74) is 7.76. The molecular weight excluding hydrogens is 192 g/mol. The molecule has 0 spiro atoms. The van der Waals surface area contributed by atoms with E-state index >= 15 is 0 Å². The largest absolute Gasteiger partial charge is 0.477 e. The average molecular weight is 210 g/mol. The Morgan fingerprint density at radius 3 is 2.67 bits per heavy atom. The predicted octanol–water partition coefficient (Wildman–Crippen LogP) is 1.17. The minimum atomic E-state index is -0.873. The molecule has 4 heteroatoms. The number of rotatable bonds is 4. The fraction of sp³-hybridized carbons (Fsp3) is 0.545. The molecule has 0 bridgehead atoms. The molecule has 0 aliphatic rings. The van der Waals surface area contributed by atoms with Gasteiger partial charge in [-0.1, -0.05) is 6.92 Å². The molecule has 0 aliphatic carbocycles. The minimum Gasteiger partial charge on any atom is -0.477 e. The van der Waals surface area contributed by atoms with Crippen LogP contribution in [0.5, 0.6) is 0 Å². The van der Waals surface area contributed by atoms with Crippen molar-refractivity contribution in [2.45, 2.75) is 20.3 Å². The minimum absolute atomic E-state index is 0.370. The number of nitrogens with zero attached hydrogens (tertiary/aromatic N) is 1. The van der Waals surface area contributed by atoms with E-state index in [9.17, 15) is 4.79 Å². The van der Waals surface area contributed by atoms with Gasteiger partial charge in [-0.2, -0.15) is 0 Å². The van der Waals surface area contributed by atoms with Gasteiger partial charge in [0.15, 0.2) is 0 Å². The van der Waals surface area contributed by atoms with Crippen molar-refractivity contribution in [2.24, 2.45) is 18.7 Å². The highest BCUT2D eigenvalue weighted by Gasteiger charge is 2.16. The molecule has 1 unspecified atom stereocenters. The molecule has 0 aliphatic heterocycles. The number of hydrogen-bond donors (Lipinski definition) is 2. The van der Waals surface area contributed by atoms with Crippen LogP contribution in [0.4, 0.5) is 0 Å². The zero-order valence-electron chi connectivity index (χ0n) is 9.45. The number of aromatic carboxylic acids is 1. The Labute approximate surface area is 89.7 Å². The van der Waals surface area contributed by atoms with E-state index in [2.05, 4.69) is 6.92 Å². The fourth-order valence-electron chi connectivity index (χ4n) is 1.77. The van der Waals surface area contributed by atoms with Crippen LogP contribution in [0.25, 0.3) is 0 Å². The molecule has 1 aromatic rings. The van der Waals surface area contributed by atoms with Crippen LogP contribution in [0.15, 0.2) is 6.07 Å². The Morgan fingerprint density at radius 2 is 2.27 bits per heavy atom. The second kappa shape index (κ2) is 4.49. The topological polar surface area (TPSA) is 68.2 Å². The van der Waals surface area contributed by atoms with Gasteiger partial charge in [0.1, 0.15) is 5.69 Å². The summed E-state index contributed by atoms with van der Waals surface area (Å²) >= 11 is 0. The summed E-state index contributed by atoms with van der Waals surface area (Å²) in [4.78, 5) is 11.0. The van der Waals surface area contributed by atoms with Crippen molar-refractivity contribution in [2.75, 3.05) is 6.54 Å². The van der Waals surface area contributed by atoms with E-state index < -0.39 is 5.97 Å². The maximum absolute atomic E-state index is 11.0. The van der Waals surface area contributed by atoms with Crippen LogP contribution in [0, 0.1) is 12.8 Å². The first-order chi connectivity index (χ1) is 6.97. The summed E-state index contributed by atoms with van der Waals surface area (Å²) in [6.07, 6.45) is 0.821. The molecule has 0 saturated heterocycles. The van der Waals surface area contributed by atoms with Crippen molar-refractivity contribution in [3.8, 4) is 0 Å². The Balaban J connectivity index is 3.01. The molecule has 0 saturated carbocycles. The van der Waals surface area contributed by atoms with Gasteiger partial charge in [0.05, 0.1) is 0 Å². The van der Waals surface area contributed by atoms with Gasteiger partial charge in [0, 0.05) is 12.7 Å². The lowest BCUT2D eigenvalue weighted by molar-refractivity contribution is 0.0685. The molecule has 4 nitrogen and oxygen atoms in total. The number of carboxylic acids is 1. The van der Waals surface area contributed by atoms with E-state index in [-0.39, 0.29) is 0 Å². The van der Waals surface area contributed by atoms with E-state index in [1.54, 1.807) is 11.6 Å². The van der Waals surface area contributed by atoms with Gasteiger partial charge in [-0.05, 0) is 37.4 Å². The molecule has 0 aromatic carbocycles. The molecule has 3 N–H and O–H groups in total. The molecule has 0 fully saturated rings. The predicted molar refractivity (Wildman–Crippen MR) is 59.0 cm³/mol. The van der Waals surface area contributed by atoms with Gasteiger partial charge in [0.2, 0.25) is 0 Å². The third-order valence-electron chi connectivity index (χ3n) is 2.69. The van der Waals surface area contributed by atoms with Crippen molar-refractivity contribution in [3.63, 3.8) is 0 Å². The van der Waals surface area contributed by atoms with Gasteiger partial charge in [-0.25, -0.2) is 4.79 Å². The molecule has 0 radical (unpaired) electrons. The normalized spacial score (nSPS) is 12.8. The van der Waals surface area contributed by atoms with Crippen molar-refractivity contribution < 1.29 is 9.90 Å². The van der Waals surface area contributed by atoms with Crippen molar-refractivity contribution >= 4 is 5.97 Å². The standard InChI is InChI=1S/C11H18N2O2/c1-7(6-12)4-9-5-8(2)10(11(14)15)13(9)3/h5,7H,4,6,12H2,1-3H3,(H,14,15). The summed E-state index contributed by atoms with van der Waals surface area (Å²) in [6, 6.07) is 1.93. The summed E-state index contributed by atoms with van der Waals surface area (Å²) in [5, 5.41) is 9.01. The maximum atomic E-state index is 11.0. The van der Waals surface area contributed by atoms with Crippen molar-refractivity contribution in [1.29, 1.82) is 0 Å². The van der Waals surface area contributed by atoms with Crippen molar-refractivity contribution in [3.05, 3.63) is 23.0 Å². The zero-order valence-corrected chi connectivity index (χ0v) is 9.45. The lowest BCUT2D eigenvalue weighted by Crippen LogP contribution is -2.15. The van der Waals surface area contributed by atoms with E-state index in [1.807, 2.05) is 13.0 Å². The van der Waals surface area contributed by atoms with Gasteiger partial charge < -0.3 is 15.4 Å². The van der Waals surface area contributed by atoms with Gasteiger partial charge in [-0.15, -0.1) is 0 Å². The van der Waals surface area contributed by atoms with Crippen molar-refractivity contribution in [1.82, 2.24) is 4.57 Å². The third-order valence-corrected chi connectivity index (χ3v) is 2.69. The van der Waals surface area contributed by atoms with Gasteiger partial charge >= 0.3 is 5.97 Å². The van der Waals surface area contributed by atoms with Crippen LogP contribution >= 0.6 is 0 Å². The highest BCUT2D eigenvalue weighted by molar-refractivity contribution is 5.87. The molecular formula is C11H18N2O2. The molecule has 15 heavy (non-hydrogen) atoms. The molecule has 1 heterocycles. The van der Waals surface area contributed by atoms with E-state index in [1.165, 1.54) is 0 Å². The third kappa shape index (κ3) is 2.39. The number of aryl methyl sites for hydroxylation is 1. The SMILES string of the molecule is Cc1cc(CC(C)CN)n(C)c1C(=O)O. The van der Waals surface area contributed by atoms with Crippen LogP contribution < -0.4 is 5.73 Å². The lowest BCUT2D eigenvalue weighted by atomic mass is 10.1. The summed E-state index contributed by atoms with van der Waals surface area (Å²) < 4.78 is 1.74. The number of carbonyl (C=O) groups is 1. The summed E-state index contributed by atoms with van der Waals surface area (Å²) in [7, 11) is 1.79. The van der Waals surface area contributed by atoms with Gasteiger partial charge in [0.25, 0.3) is 0 Å². The molecule has 0 amide bonds. The second-order valence-corrected chi connectivity index (χ2v) is 4.08. The second-order valence-electron chi connectivity index (χ2n) is 4.08. The number of nitrogens with two attached hydrogens (primary N) is 1. The molecule has 1 rings (SSSR count). The van der Waals surface area contributed by atoms with Crippen LogP contribution in [0.1, 0.15) is 28.7 Å². The van der Waals surface area contributed by atoms with Crippen LogP contribution in [0.3, 0.4) is 0 Å². The average Bonchev–Trinajstić information content (AvgIpc) is 2.41. The number of aromatic nitrogens is 1. The highest BCUT2D eigenvalue weighted by atomic mass is 16.4. The Morgan fingerprint density at radius 1 is 1.67 bits per heavy atom. The highest BCUT2D eigenvalue weighted by Crippen LogP contribution is 2.16. The van der Waals surface area contributed by atoms with E-state index in [0.29, 0.717) is 18.2 Å². The number of hydrogen-bond acceptors (Lipinski definition) is 2. The first-order valence-corrected chi connectivity index (χ1v) is 5.06. The number of carboxylic acid groups (broad SMARTS) is 1. The quantitative estimate of drug-likeness (QED) is 0.783. The smallest absolute Gasteiger partial charge is 0.352 e. The molecule has 1 atom stereocenters. The Hall–Kier alpha value is -1.29. The van der Waals surface area contributed by atoms with Crippen LogP contribution in [-0.4, -0.2) is 22.2 Å². The monoisotopic (exact) mass is 210 g/mol. The Kier molecular flexibility index (Phi) is 3.52. The molecule has 1 aromatic heterocycles. The van der Waals surface area contributed by atoms with E-state index in [0.717, 1.165) is 17.7 Å². The van der Waals surface area contributed by atoms with Crippen LogP contribution in [0.2, 0.25) is 0 Å².